The van der Waals surface area contributed by atoms with Gasteiger partial charge in [-0.1, -0.05) is 46.2 Å². The van der Waals surface area contributed by atoms with Crippen LogP contribution in [0.3, 0.4) is 0 Å². The molecule has 1 aliphatic heterocycles. The lowest BCUT2D eigenvalue weighted by Gasteiger charge is -2.23. The van der Waals surface area contributed by atoms with E-state index in [1.54, 1.807) is 23.5 Å². The van der Waals surface area contributed by atoms with Gasteiger partial charge >= 0.3 is 0 Å². The molecule has 10 nitrogen and oxygen atoms in total. The zero-order valence-electron chi connectivity index (χ0n) is 20.7. The summed E-state index contributed by atoms with van der Waals surface area (Å²) >= 11 is 17.2. The second kappa shape index (κ2) is 17.6. The highest BCUT2D eigenvalue weighted by Crippen LogP contribution is 2.20. The minimum Gasteiger partial charge on any atom is -0.378 e. The molecule has 0 radical (unpaired) electrons. The van der Waals surface area contributed by atoms with Crippen LogP contribution in [-0.4, -0.2) is 121 Å². The van der Waals surface area contributed by atoms with Gasteiger partial charge in [0.25, 0.3) is 0 Å². The predicted octanol–water partition coefficient (Wildman–Crippen LogP) is 3.40. The van der Waals surface area contributed by atoms with Crippen LogP contribution in [0.2, 0.25) is 0 Å². The summed E-state index contributed by atoms with van der Waals surface area (Å²) in [5.74, 6) is 0. The van der Waals surface area contributed by atoms with Crippen molar-refractivity contribution in [3.05, 3.63) is 7.91 Å². The summed E-state index contributed by atoms with van der Waals surface area (Å²) in [5.41, 5.74) is 0. The Bertz CT molecular complexity index is 900. The molecule has 2 aromatic heterocycles. The van der Waals surface area contributed by atoms with Gasteiger partial charge in [-0.2, -0.15) is 10.2 Å². The van der Waals surface area contributed by atoms with E-state index in [0.717, 1.165) is 42.8 Å². The average Bonchev–Trinajstić information content (AvgIpc) is 3.42. The monoisotopic (exact) mass is 614 g/mol. The van der Waals surface area contributed by atoms with Crippen LogP contribution in [0.4, 0.5) is 0 Å². The van der Waals surface area contributed by atoms with E-state index in [0.29, 0.717) is 66.2 Å². The Morgan fingerprint density at radius 2 is 0.972 bits per heavy atom. The van der Waals surface area contributed by atoms with Crippen LogP contribution in [0.25, 0.3) is 0 Å². The van der Waals surface area contributed by atoms with Gasteiger partial charge < -0.3 is 18.9 Å². The van der Waals surface area contributed by atoms with Crippen molar-refractivity contribution in [3.63, 3.8) is 0 Å². The molecule has 16 heteroatoms. The lowest BCUT2D eigenvalue weighted by molar-refractivity contribution is -0.000193. The van der Waals surface area contributed by atoms with Crippen molar-refractivity contribution in [2.75, 3.05) is 91.5 Å². The third-order valence-electron chi connectivity index (χ3n) is 5.14. The fourth-order valence-electron chi connectivity index (χ4n) is 3.22. The molecule has 3 rings (SSSR count). The summed E-state index contributed by atoms with van der Waals surface area (Å²) in [6.07, 6.45) is 4.02. The first-order valence-electron chi connectivity index (χ1n) is 11.6. The molecule has 1 fully saturated rings. The quantitative estimate of drug-likeness (QED) is 0.354. The minimum absolute atomic E-state index is 0.550. The molecular formula is C20H34N6O4S6. The van der Waals surface area contributed by atoms with Gasteiger partial charge in [0.2, 0.25) is 0 Å². The van der Waals surface area contributed by atoms with Gasteiger partial charge in [0, 0.05) is 26.2 Å². The smallest absolute Gasteiger partial charge is 0.181 e. The largest absolute Gasteiger partial charge is 0.378 e. The van der Waals surface area contributed by atoms with Gasteiger partial charge in [-0.05, 0) is 36.9 Å². The Labute approximate surface area is 239 Å². The Morgan fingerprint density at radius 3 is 1.25 bits per heavy atom. The lowest BCUT2D eigenvalue weighted by atomic mass is 10.5. The van der Waals surface area contributed by atoms with Crippen LogP contribution >= 0.6 is 70.6 Å². The van der Waals surface area contributed by atoms with Crippen LogP contribution < -0.4 is 0 Å². The Kier molecular flexibility index (Phi) is 14.9. The number of thioether (sulfide) groups is 2. The maximum absolute atomic E-state index is 5.83. The van der Waals surface area contributed by atoms with Gasteiger partial charge in [-0.3, -0.25) is 9.80 Å². The second-order valence-corrected chi connectivity index (χ2v) is 13.0. The van der Waals surface area contributed by atoms with Gasteiger partial charge in [-0.25, -0.2) is 9.36 Å². The van der Waals surface area contributed by atoms with E-state index < -0.39 is 0 Å². The average molecular weight is 615 g/mol. The number of hydrogen-bond acceptors (Lipinski definition) is 14. The Morgan fingerprint density at radius 1 is 0.639 bits per heavy atom. The predicted molar refractivity (Wildman–Crippen MR) is 152 cm³/mol. The van der Waals surface area contributed by atoms with Gasteiger partial charge in [0.05, 0.1) is 66.2 Å². The van der Waals surface area contributed by atoms with Crippen molar-refractivity contribution < 1.29 is 18.9 Å². The van der Waals surface area contributed by atoms with E-state index in [1.807, 2.05) is 21.9 Å². The highest BCUT2D eigenvalue weighted by Gasteiger charge is 2.12. The molecule has 2 aromatic rings. The van der Waals surface area contributed by atoms with E-state index >= 15 is 0 Å². The summed E-state index contributed by atoms with van der Waals surface area (Å²) < 4.78 is 30.6. The molecule has 0 amide bonds. The topological polar surface area (TPSA) is 79.0 Å². The van der Waals surface area contributed by atoms with Crippen molar-refractivity contribution in [1.82, 2.24) is 29.4 Å². The SMILES string of the molecule is CSc1nn(CN2CCOCCOCCN(Cn3nc(SC)sc3=S)CCOCCOCC2)c(=S)s1. The first kappa shape index (κ1) is 30.6. The maximum atomic E-state index is 5.83. The van der Waals surface area contributed by atoms with E-state index in [2.05, 4.69) is 20.0 Å². The van der Waals surface area contributed by atoms with Crippen LogP contribution in [0.15, 0.2) is 8.68 Å². The van der Waals surface area contributed by atoms with Crippen LogP contribution in [-0.2, 0) is 32.3 Å². The maximum Gasteiger partial charge on any atom is 0.181 e. The summed E-state index contributed by atoms with van der Waals surface area (Å²) in [5, 5.41) is 9.16. The number of hydrogen-bond donors (Lipinski definition) is 0. The highest BCUT2D eigenvalue weighted by molar-refractivity contribution is 8.00. The molecule has 0 atom stereocenters. The molecule has 0 N–H and O–H groups in total. The third kappa shape index (κ3) is 11.0. The molecule has 0 bridgehead atoms. The van der Waals surface area contributed by atoms with E-state index in [9.17, 15) is 0 Å². The standard InChI is InChI=1S/C20H34N6O4S6/c1-33-17-21-25(19(31)35-17)15-23-3-7-27-11-13-29-9-5-24(6-10-30-14-12-28-8-4-23)16-26-20(32)36-18(22-26)34-2/h3-16H2,1-2H3. The molecule has 3 heterocycles. The van der Waals surface area contributed by atoms with E-state index in [4.69, 9.17) is 43.4 Å². The van der Waals surface area contributed by atoms with Crippen LogP contribution in [0.1, 0.15) is 0 Å². The lowest BCUT2D eigenvalue weighted by Crippen LogP contribution is -2.35. The van der Waals surface area contributed by atoms with Gasteiger partial charge in [-0.15, -0.1) is 0 Å². The molecule has 36 heavy (non-hydrogen) atoms. The Balaban J connectivity index is 1.48. The summed E-state index contributed by atoms with van der Waals surface area (Å²) in [4.78, 5) is 4.49. The summed E-state index contributed by atoms with van der Waals surface area (Å²) in [7, 11) is 0. The second-order valence-electron chi connectivity index (χ2n) is 7.64. The zero-order chi connectivity index (χ0) is 25.6. The van der Waals surface area contributed by atoms with Crippen molar-refractivity contribution in [2.45, 2.75) is 22.0 Å². The van der Waals surface area contributed by atoms with Crippen LogP contribution in [0, 0.1) is 7.91 Å². The van der Waals surface area contributed by atoms with E-state index in [1.165, 1.54) is 22.7 Å². The van der Waals surface area contributed by atoms with E-state index in [-0.39, 0.29) is 0 Å². The first-order chi connectivity index (χ1) is 17.6. The van der Waals surface area contributed by atoms with Crippen molar-refractivity contribution in [2.24, 2.45) is 0 Å². The highest BCUT2D eigenvalue weighted by atomic mass is 32.2. The van der Waals surface area contributed by atoms with Crippen molar-refractivity contribution >= 4 is 70.6 Å². The molecule has 1 aliphatic rings. The first-order valence-corrected chi connectivity index (χ1v) is 16.5. The molecule has 204 valence electrons. The normalized spacial score (nSPS) is 19.2. The molecule has 0 aromatic carbocycles. The number of rotatable bonds is 6. The van der Waals surface area contributed by atoms with Crippen molar-refractivity contribution in [3.8, 4) is 0 Å². The van der Waals surface area contributed by atoms with Crippen molar-refractivity contribution in [1.29, 1.82) is 0 Å². The summed E-state index contributed by atoms with van der Waals surface area (Å²) in [6, 6.07) is 0. The molecule has 1 saturated heterocycles. The van der Waals surface area contributed by atoms with Gasteiger partial charge in [0.15, 0.2) is 16.6 Å². The fourth-order valence-corrected chi connectivity index (χ4v) is 6.70. The molecule has 0 spiro atoms. The molecule has 0 aliphatic carbocycles. The van der Waals surface area contributed by atoms with Gasteiger partial charge in [0.1, 0.15) is 0 Å². The molecule has 0 unspecified atom stereocenters. The van der Waals surface area contributed by atoms with Crippen LogP contribution in [0.5, 0.6) is 0 Å². The minimum atomic E-state index is 0.550. The fraction of sp³-hybridized carbons (Fsp3) is 0.800. The zero-order valence-corrected chi connectivity index (χ0v) is 25.6. The number of aromatic nitrogens is 4. The molecule has 0 saturated carbocycles. The Hall–Kier alpha value is 0.0200. The molecular weight excluding hydrogens is 581 g/mol. The summed E-state index contributed by atoms with van der Waals surface area (Å²) in [6.45, 7) is 8.88. The third-order valence-corrected chi connectivity index (χ3v) is 9.71. The number of nitrogens with zero attached hydrogens (tertiary/aromatic N) is 6. The number of ether oxygens (including phenoxy) is 4.